The molecular weight excluding hydrogens is 244 g/mol. The number of anilines is 1. The number of aromatic nitrogens is 3. The summed E-state index contributed by atoms with van der Waals surface area (Å²) in [6.45, 7) is 0. The zero-order valence-electron chi connectivity index (χ0n) is 9.87. The standard InChI is InChI=1S/C13H12N4S/c1-17-6-5-15-12(17)13-16-11(8-18-13)9-3-2-4-10(14)7-9/h2-8H,14H2,1H3. The Morgan fingerprint density at radius 2 is 2.22 bits per heavy atom. The van der Waals surface area contributed by atoms with Crippen LogP contribution in [0.5, 0.6) is 0 Å². The van der Waals surface area contributed by atoms with Crippen LogP contribution in [0.15, 0.2) is 42.0 Å². The largest absolute Gasteiger partial charge is 0.399 e. The van der Waals surface area contributed by atoms with Crippen LogP contribution in [0.2, 0.25) is 0 Å². The summed E-state index contributed by atoms with van der Waals surface area (Å²) in [5.74, 6) is 0.884. The van der Waals surface area contributed by atoms with Gasteiger partial charge in [0.05, 0.1) is 5.69 Å². The highest BCUT2D eigenvalue weighted by Gasteiger charge is 2.10. The van der Waals surface area contributed by atoms with Crippen LogP contribution in [0, 0.1) is 0 Å². The van der Waals surface area contributed by atoms with E-state index in [0.717, 1.165) is 27.8 Å². The summed E-state index contributed by atoms with van der Waals surface area (Å²) in [5.41, 5.74) is 8.50. The first kappa shape index (κ1) is 11.0. The second-order valence-electron chi connectivity index (χ2n) is 4.03. The zero-order chi connectivity index (χ0) is 12.5. The van der Waals surface area contributed by atoms with Crippen molar-refractivity contribution in [2.45, 2.75) is 0 Å². The molecule has 18 heavy (non-hydrogen) atoms. The molecule has 0 radical (unpaired) electrons. The molecule has 0 bridgehead atoms. The van der Waals surface area contributed by atoms with Crippen LogP contribution in [0.25, 0.3) is 22.1 Å². The topological polar surface area (TPSA) is 56.7 Å². The van der Waals surface area contributed by atoms with E-state index in [4.69, 9.17) is 5.73 Å². The van der Waals surface area contributed by atoms with Crippen LogP contribution in [0.3, 0.4) is 0 Å². The Balaban J connectivity index is 2.02. The fraction of sp³-hybridized carbons (Fsp3) is 0.0769. The number of nitrogen functional groups attached to an aromatic ring is 1. The second kappa shape index (κ2) is 4.27. The SMILES string of the molecule is Cn1ccnc1-c1nc(-c2cccc(N)c2)cs1. The minimum Gasteiger partial charge on any atom is -0.399 e. The number of nitrogens with zero attached hydrogens (tertiary/aromatic N) is 3. The average Bonchev–Trinajstić information content (AvgIpc) is 2.97. The molecule has 0 amide bonds. The van der Waals surface area contributed by atoms with Crippen LogP contribution in [0.1, 0.15) is 0 Å². The molecular formula is C13H12N4S. The number of nitrogens with two attached hydrogens (primary N) is 1. The van der Waals surface area contributed by atoms with E-state index < -0.39 is 0 Å². The lowest BCUT2D eigenvalue weighted by Crippen LogP contribution is -1.90. The Morgan fingerprint density at radius 1 is 1.33 bits per heavy atom. The van der Waals surface area contributed by atoms with E-state index in [0.29, 0.717) is 0 Å². The summed E-state index contributed by atoms with van der Waals surface area (Å²) < 4.78 is 1.96. The molecule has 2 heterocycles. The summed E-state index contributed by atoms with van der Waals surface area (Å²) in [4.78, 5) is 8.90. The van der Waals surface area contributed by atoms with Gasteiger partial charge < -0.3 is 10.3 Å². The van der Waals surface area contributed by atoms with Gasteiger partial charge in [-0.25, -0.2) is 9.97 Å². The van der Waals surface area contributed by atoms with Gasteiger partial charge in [0.15, 0.2) is 10.8 Å². The highest BCUT2D eigenvalue weighted by Crippen LogP contribution is 2.28. The molecule has 3 rings (SSSR count). The third-order valence-corrected chi connectivity index (χ3v) is 3.54. The van der Waals surface area contributed by atoms with Gasteiger partial charge >= 0.3 is 0 Å². The van der Waals surface area contributed by atoms with E-state index in [1.54, 1.807) is 17.5 Å². The molecule has 1 aromatic carbocycles. The van der Waals surface area contributed by atoms with Gasteiger partial charge in [-0.05, 0) is 12.1 Å². The van der Waals surface area contributed by atoms with Crippen molar-refractivity contribution in [2.24, 2.45) is 7.05 Å². The van der Waals surface area contributed by atoms with Crippen LogP contribution < -0.4 is 5.73 Å². The van der Waals surface area contributed by atoms with Crippen LogP contribution in [-0.2, 0) is 7.05 Å². The summed E-state index contributed by atoms with van der Waals surface area (Å²) >= 11 is 1.59. The van der Waals surface area contributed by atoms with E-state index in [1.165, 1.54) is 0 Å². The number of hydrogen-bond donors (Lipinski definition) is 1. The zero-order valence-corrected chi connectivity index (χ0v) is 10.7. The molecule has 0 fully saturated rings. The lowest BCUT2D eigenvalue weighted by molar-refractivity contribution is 0.923. The Morgan fingerprint density at radius 3 is 2.94 bits per heavy atom. The molecule has 0 spiro atoms. The molecule has 0 aliphatic heterocycles. The average molecular weight is 256 g/mol. The van der Waals surface area contributed by atoms with E-state index in [1.807, 2.05) is 47.5 Å². The molecule has 0 atom stereocenters. The van der Waals surface area contributed by atoms with Gasteiger partial charge in [-0.3, -0.25) is 0 Å². The molecule has 0 aliphatic rings. The minimum absolute atomic E-state index is 0.749. The van der Waals surface area contributed by atoms with Crippen LogP contribution in [0.4, 0.5) is 5.69 Å². The van der Waals surface area contributed by atoms with Crippen molar-refractivity contribution >= 4 is 17.0 Å². The van der Waals surface area contributed by atoms with Crippen molar-refractivity contribution < 1.29 is 0 Å². The Kier molecular flexibility index (Phi) is 2.60. The number of hydrogen-bond acceptors (Lipinski definition) is 4. The summed E-state index contributed by atoms with van der Waals surface area (Å²) in [5, 5.41) is 2.94. The normalized spacial score (nSPS) is 10.7. The third-order valence-electron chi connectivity index (χ3n) is 2.70. The van der Waals surface area contributed by atoms with Gasteiger partial charge in [0.1, 0.15) is 0 Å². The molecule has 2 aromatic heterocycles. The maximum atomic E-state index is 5.78. The van der Waals surface area contributed by atoms with Crippen molar-refractivity contribution in [1.29, 1.82) is 0 Å². The Hall–Kier alpha value is -2.14. The van der Waals surface area contributed by atoms with Crippen molar-refractivity contribution in [1.82, 2.24) is 14.5 Å². The summed E-state index contributed by atoms with van der Waals surface area (Å²) in [6, 6.07) is 7.74. The maximum absolute atomic E-state index is 5.78. The quantitative estimate of drug-likeness (QED) is 0.717. The molecule has 3 aromatic rings. The molecule has 0 unspecified atom stereocenters. The van der Waals surface area contributed by atoms with Gasteiger partial charge in [-0.1, -0.05) is 12.1 Å². The number of thiazole rings is 1. The highest BCUT2D eigenvalue weighted by atomic mass is 32.1. The van der Waals surface area contributed by atoms with Crippen LogP contribution >= 0.6 is 11.3 Å². The first-order valence-electron chi connectivity index (χ1n) is 5.53. The van der Waals surface area contributed by atoms with Gasteiger partial charge in [0.25, 0.3) is 0 Å². The van der Waals surface area contributed by atoms with E-state index >= 15 is 0 Å². The lowest BCUT2D eigenvalue weighted by atomic mass is 10.1. The fourth-order valence-electron chi connectivity index (χ4n) is 1.78. The second-order valence-corrected chi connectivity index (χ2v) is 4.88. The monoisotopic (exact) mass is 256 g/mol. The molecule has 0 aliphatic carbocycles. The van der Waals surface area contributed by atoms with Gasteiger partial charge in [-0.15, -0.1) is 11.3 Å². The van der Waals surface area contributed by atoms with Gasteiger partial charge in [0.2, 0.25) is 0 Å². The number of rotatable bonds is 2. The van der Waals surface area contributed by atoms with Crippen molar-refractivity contribution in [3.63, 3.8) is 0 Å². The summed E-state index contributed by atoms with van der Waals surface area (Å²) in [7, 11) is 1.96. The Labute approximate surface area is 109 Å². The van der Waals surface area contributed by atoms with Crippen molar-refractivity contribution in [3.05, 3.63) is 42.0 Å². The third kappa shape index (κ3) is 1.89. The number of aryl methyl sites for hydroxylation is 1. The van der Waals surface area contributed by atoms with Gasteiger partial charge in [-0.2, -0.15) is 0 Å². The molecule has 0 saturated carbocycles. The highest BCUT2D eigenvalue weighted by molar-refractivity contribution is 7.13. The first-order valence-corrected chi connectivity index (χ1v) is 6.41. The minimum atomic E-state index is 0.749. The van der Waals surface area contributed by atoms with Crippen molar-refractivity contribution in [3.8, 4) is 22.1 Å². The predicted molar refractivity (Wildman–Crippen MR) is 74.2 cm³/mol. The Bertz CT molecular complexity index is 684. The molecule has 2 N–H and O–H groups in total. The first-order chi connectivity index (χ1) is 8.74. The predicted octanol–water partition coefficient (Wildman–Crippen LogP) is 2.79. The molecule has 90 valence electrons. The number of benzene rings is 1. The number of imidazole rings is 1. The molecule has 0 saturated heterocycles. The lowest BCUT2D eigenvalue weighted by Gasteiger charge is -1.98. The van der Waals surface area contributed by atoms with E-state index in [2.05, 4.69) is 9.97 Å². The fourth-order valence-corrected chi connectivity index (χ4v) is 2.64. The summed E-state index contributed by atoms with van der Waals surface area (Å²) in [6.07, 6.45) is 3.69. The smallest absolute Gasteiger partial charge is 0.168 e. The van der Waals surface area contributed by atoms with Crippen LogP contribution in [-0.4, -0.2) is 14.5 Å². The molecule has 5 heteroatoms. The van der Waals surface area contributed by atoms with Crippen molar-refractivity contribution in [2.75, 3.05) is 5.73 Å². The van der Waals surface area contributed by atoms with Gasteiger partial charge in [0, 0.05) is 36.1 Å². The molecule has 4 nitrogen and oxygen atoms in total. The van der Waals surface area contributed by atoms with E-state index in [9.17, 15) is 0 Å². The van der Waals surface area contributed by atoms with E-state index in [-0.39, 0.29) is 0 Å². The maximum Gasteiger partial charge on any atom is 0.168 e.